The van der Waals surface area contributed by atoms with E-state index >= 15 is 0 Å². The third kappa shape index (κ3) is 7.18. The van der Waals surface area contributed by atoms with Gasteiger partial charge in [0.2, 0.25) is 10.0 Å². The highest BCUT2D eigenvalue weighted by molar-refractivity contribution is 7.89. The number of nitrogens with one attached hydrogen (secondary N) is 2. The first-order chi connectivity index (χ1) is 17.4. The van der Waals surface area contributed by atoms with Gasteiger partial charge in [0.05, 0.1) is 28.0 Å². The summed E-state index contributed by atoms with van der Waals surface area (Å²) in [6.07, 6.45) is 2.72. The Balaban J connectivity index is 1.58. The van der Waals surface area contributed by atoms with E-state index in [1.807, 2.05) is 0 Å². The molecular formula is C24H32N4O7S2. The molecule has 1 aromatic heterocycles. The average Bonchev–Trinajstić information content (AvgIpc) is 3.25. The number of anilines is 1. The van der Waals surface area contributed by atoms with Crippen LogP contribution in [-0.4, -0.2) is 56.5 Å². The molecule has 4 rings (SSSR count). The predicted octanol–water partition coefficient (Wildman–Crippen LogP) is 3.96. The molecule has 1 saturated heterocycles. The van der Waals surface area contributed by atoms with E-state index in [2.05, 4.69) is 15.0 Å². The fraction of sp³-hybridized carbons (Fsp3) is 0.542. The van der Waals surface area contributed by atoms with Gasteiger partial charge in [0.1, 0.15) is 6.10 Å². The predicted molar refractivity (Wildman–Crippen MR) is 138 cm³/mol. The summed E-state index contributed by atoms with van der Waals surface area (Å²) >= 11 is 1.43. The molecule has 37 heavy (non-hydrogen) atoms. The normalized spacial score (nSPS) is 20.6. The lowest BCUT2D eigenvalue weighted by atomic mass is 9.88. The zero-order chi connectivity index (χ0) is 26.8. The third-order valence-electron chi connectivity index (χ3n) is 5.93. The van der Waals surface area contributed by atoms with Crippen LogP contribution in [0.4, 0.5) is 15.3 Å². The van der Waals surface area contributed by atoms with Crippen LogP contribution in [0.3, 0.4) is 0 Å². The number of aromatic nitrogens is 1. The van der Waals surface area contributed by atoms with Crippen LogP contribution >= 0.6 is 11.3 Å². The second-order valence-electron chi connectivity index (χ2n) is 10.2. The molecule has 2 aliphatic rings. The molecule has 1 aromatic carbocycles. The number of hydrogen-bond acceptors (Lipinski definition) is 9. The second-order valence-corrected chi connectivity index (χ2v) is 12.9. The second kappa shape index (κ2) is 10.9. The number of amides is 2. The zero-order valence-corrected chi connectivity index (χ0v) is 22.6. The van der Waals surface area contributed by atoms with Gasteiger partial charge in [-0.1, -0.05) is 6.07 Å². The van der Waals surface area contributed by atoms with Crippen molar-refractivity contribution in [1.29, 1.82) is 0 Å². The fourth-order valence-electron chi connectivity index (χ4n) is 4.26. The van der Waals surface area contributed by atoms with Gasteiger partial charge < -0.3 is 19.9 Å². The lowest BCUT2D eigenvalue weighted by Crippen LogP contribution is -2.40. The van der Waals surface area contributed by atoms with Crippen molar-refractivity contribution in [2.24, 2.45) is 5.73 Å². The zero-order valence-electron chi connectivity index (χ0n) is 21.0. The molecule has 2 heterocycles. The number of thiazole rings is 1. The molecule has 1 saturated carbocycles. The van der Waals surface area contributed by atoms with Gasteiger partial charge in [-0.2, -0.15) is 0 Å². The number of hydrogen-bond donors (Lipinski definition) is 3. The standard InChI is InChI=1S/C24H32N4O7S2/c1-24(2,3)28-37(31,32)20-10-15(27-23(30)35-17-12-33-13-17)6-9-18(20)19-11-26-21(36-19)14-4-7-16(8-5-14)34-22(25)29/h6,9-11,14,16-17,28H,4-5,7-8,12-13H2,1-3H3,(H2,25,29)(H,27,30)/t14-,16-. The molecule has 0 atom stereocenters. The van der Waals surface area contributed by atoms with E-state index in [0.717, 1.165) is 17.8 Å². The topological polar surface area (TPSA) is 159 Å². The van der Waals surface area contributed by atoms with E-state index in [9.17, 15) is 18.0 Å². The van der Waals surface area contributed by atoms with Gasteiger partial charge in [0, 0.05) is 28.9 Å². The van der Waals surface area contributed by atoms with Gasteiger partial charge in [-0.15, -0.1) is 11.3 Å². The van der Waals surface area contributed by atoms with Crippen molar-refractivity contribution in [1.82, 2.24) is 9.71 Å². The highest BCUT2D eigenvalue weighted by atomic mass is 32.2. The number of carbonyl (C=O) groups excluding carboxylic acids is 2. The summed E-state index contributed by atoms with van der Waals surface area (Å²) in [5.74, 6) is 0.186. The Bertz CT molecular complexity index is 1240. The van der Waals surface area contributed by atoms with E-state index in [0.29, 0.717) is 42.2 Å². The van der Waals surface area contributed by atoms with Crippen LogP contribution in [0.2, 0.25) is 0 Å². The third-order valence-corrected chi connectivity index (χ3v) is 8.93. The van der Waals surface area contributed by atoms with Crippen molar-refractivity contribution < 1.29 is 32.2 Å². The smallest absolute Gasteiger partial charge is 0.412 e. The molecule has 2 amide bonds. The molecule has 202 valence electrons. The average molecular weight is 553 g/mol. The minimum atomic E-state index is -3.95. The minimum absolute atomic E-state index is 0.0287. The summed E-state index contributed by atoms with van der Waals surface area (Å²) in [6, 6.07) is 4.72. The Hall–Kier alpha value is -2.74. The molecule has 2 fully saturated rings. The first-order valence-electron chi connectivity index (χ1n) is 12.1. The van der Waals surface area contributed by atoms with Gasteiger partial charge in [-0.3, -0.25) is 5.32 Å². The highest BCUT2D eigenvalue weighted by Gasteiger charge is 2.29. The van der Waals surface area contributed by atoms with Gasteiger partial charge in [-0.25, -0.2) is 27.7 Å². The Labute approximate surface area is 220 Å². The van der Waals surface area contributed by atoms with Crippen molar-refractivity contribution in [2.75, 3.05) is 18.5 Å². The molecular weight excluding hydrogens is 520 g/mol. The Morgan fingerprint density at radius 3 is 2.41 bits per heavy atom. The lowest BCUT2D eigenvalue weighted by molar-refractivity contribution is -0.0951. The maximum atomic E-state index is 13.4. The summed E-state index contributed by atoms with van der Waals surface area (Å²) < 4.78 is 44.8. The van der Waals surface area contributed by atoms with Crippen LogP contribution in [0.1, 0.15) is 57.4 Å². The largest absolute Gasteiger partial charge is 0.446 e. The SMILES string of the molecule is CC(C)(C)NS(=O)(=O)c1cc(NC(=O)OC2COC2)ccc1-c1cnc([C@H]2CC[C@H](OC(N)=O)CC2)s1. The molecule has 1 aliphatic carbocycles. The first-order valence-corrected chi connectivity index (χ1v) is 14.4. The first kappa shape index (κ1) is 27.3. The van der Waals surface area contributed by atoms with Gasteiger partial charge >= 0.3 is 12.2 Å². The summed E-state index contributed by atoms with van der Waals surface area (Å²) in [5, 5.41) is 3.50. The van der Waals surface area contributed by atoms with E-state index in [4.69, 9.17) is 19.9 Å². The number of sulfonamides is 1. The van der Waals surface area contributed by atoms with Crippen LogP contribution < -0.4 is 15.8 Å². The Kier molecular flexibility index (Phi) is 8.07. The number of benzene rings is 1. The number of nitrogens with zero attached hydrogens (tertiary/aromatic N) is 1. The molecule has 13 heteroatoms. The van der Waals surface area contributed by atoms with Crippen LogP contribution in [0.25, 0.3) is 10.4 Å². The van der Waals surface area contributed by atoms with E-state index in [-0.39, 0.29) is 23.0 Å². The Morgan fingerprint density at radius 1 is 1.11 bits per heavy atom. The molecule has 0 bridgehead atoms. The van der Waals surface area contributed by atoms with Gasteiger partial charge in [0.15, 0.2) is 6.10 Å². The molecule has 1 aliphatic heterocycles. The van der Waals surface area contributed by atoms with Crippen molar-refractivity contribution in [3.8, 4) is 10.4 Å². The highest BCUT2D eigenvalue weighted by Crippen LogP contribution is 2.40. The van der Waals surface area contributed by atoms with Crippen molar-refractivity contribution >= 4 is 39.2 Å². The monoisotopic (exact) mass is 552 g/mol. The maximum Gasteiger partial charge on any atom is 0.412 e. The number of primary amides is 1. The Morgan fingerprint density at radius 2 is 1.81 bits per heavy atom. The van der Waals surface area contributed by atoms with Crippen LogP contribution in [0, 0.1) is 0 Å². The summed E-state index contributed by atoms with van der Waals surface area (Å²) in [6.45, 7) is 5.96. The van der Waals surface area contributed by atoms with Gasteiger partial charge in [0.25, 0.3) is 0 Å². The molecule has 0 spiro atoms. The van der Waals surface area contributed by atoms with Gasteiger partial charge in [-0.05, 0) is 58.6 Å². The fourth-order valence-corrected chi connectivity index (χ4v) is 7.11. The number of ether oxygens (including phenoxy) is 3. The summed E-state index contributed by atoms with van der Waals surface area (Å²) in [5.41, 5.74) is 5.19. The summed E-state index contributed by atoms with van der Waals surface area (Å²) in [7, 11) is -3.95. The van der Waals surface area contributed by atoms with Crippen molar-refractivity contribution in [3.05, 3.63) is 29.4 Å². The molecule has 11 nitrogen and oxygen atoms in total. The van der Waals surface area contributed by atoms with E-state index in [1.165, 1.54) is 17.4 Å². The molecule has 0 radical (unpaired) electrons. The van der Waals surface area contributed by atoms with E-state index in [1.54, 1.807) is 39.1 Å². The minimum Gasteiger partial charge on any atom is -0.446 e. The molecule has 0 unspecified atom stereocenters. The van der Waals surface area contributed by atoms with Crippen LogP contribution in [-0.2, 0) is 24.2 Å². The van der Waals surface area contributed by atoms with Crippen molar-refractivity contribution in [2.45, 2.75) is 75.0 Å². The number of carbonyl (C=O) groups is 2. The number of nitrogens with two attached hydrogens (primary N) is 1. The van der Waals surface area contributed by atoms with Crippen LogP contribution in [0.15, 0.2) is 29.3 Å². The molecule has 4 N–H and O–H groups in total. The van der Waals surface area contributed by atoms with Crippen LogP contribution in [0.5, 0.6) is 0 Å². The maximum absolute atomic E-state index is 13.4. The van der Waals surface area contributed by atoms with Crippen molar-refractivity contribution in [3.63, 3.8) is 0 Å². The van der Waals surface area contributed by atoms with E-state index < -0.39 is 27.7 Å². The number of rotatable bonds is 7. The molecule has 2 aromatic rings. The summed E-state index contributed by atoms with van der Waals surface area (Å²) in [4.78, 5) is 28.6. The lowest BCUT2D eigenvalue weighted by Gasteiger charge is -2.26. The quantitative estimate of drug-likeness (QED) is 0.465.